The molecule has 3 N–H and O–H groups in total. The number of anilines is 1. The Morgan fingerprint density at radius 2 is 1.82 bits per heavy atom. The van der Waals surface area contributed by atoms with Crippen LogP contribution in [0.25, 0.3) is 0 Å². The maximum Gasteiger partial charge on any atom is 0.258 e. The van der Waals surface area contributed by atoms with Crippen LogP contribution >= 0.6 is 0 Å². The summed E-state index contributed by atoms with van der Waals surface area (Å²) in [4.78, 5) is 53.5. The van der Waals surface area contributed by atoms with Gasteiger partial charge in [0.25, 0.3) is 11.8 Å². The third-order valence-electron chi connectivity index (χ3n) is 6.12. The molecule has 4 amide bonds. The van der Waals surface area contributed by atoms with Crippen molar-refractivity contribution < 1.29 is 24.3 Å². The lowest BCUT2D eigenvalue weighted by molar-refractivity contribution is -0.124. The summed E-state index contributed by atoms with van der Waals surface area (Å²) in [5.41, 5.74) is 0.473. The third kappa shape index (κ3) is 4.26. The summed E-state index contributed by atoms with van der Waals surface area (Å²) in [5, 5.41) is 15.0. The largest absolute Gasteiger partial charge is 0.508 e. The molecule has 0 aromatic heterocycles. The molecule has 1 atom stereocenters. The molecule has 2 aromatic carbocycles. The second-order valence-corrected chi connectivity index (χ2v) is 8.36. The van der Waals surface area contributed by atoms with E-state index in [1.807, 2.05) is 6.92 Å². The van der Waals surface area contributed by atoms with Gasteiger partial charge < -0.3 is 20.6 Å². The van der Waals surface area contributed by atoms with Crippen molar-refractivity contribution in [1.29, 1.82) is 0 Å². The van der Waals surface area contributed by atoms with Gasteiger partial charge >= 0.3 is 0 Å². The number of amides is 4. The van der Waals surface area contributed by atoms with E-state index < -0.39 is 5.66 Å². The fourth-order valence-corrected chi connectivity index (χ4v) is 4.41. The van der Waals surface area contributed by atoms with Gasteiger partial charge in [0.2, 0.25) is 11.8 Å². The van der Waals surface area contributed by atoms with Crippen molar-refractivity contribution in [2.75, 3.05) is 24.5 Å². The van der Waals surface area contributed by atoms with Crippen LogP contribution in [0.15, 0.2) is 48.5 Å². The molecule has 2 aliphatic rings. The minimum atomic E-state index is -0.880. The number of hydrogen-bond acceptors (Lipinski definition) is 5. The van der Waals surface area contributed by atoms with Crippen LogP contribution < -0.4 is 15.5 Å². The van der Waals surface area contributed by atoms with Crippen LogP contribution in [0, 0.1) is 0 Å². The summed E-state index contributed by atoms with van der Waals surface area (Å²) < 4.78 is 0. The molecule has 1 saturated heterocycles. The minimum absolute atomic E-state index is 0.0148. The molecule has 172 valence electrons. The number of fused-ring (bicyclic) bond motifs is 3. The minimum Gasteiger partial charge on any atom is -0.508 e. The molecule has 33 heavy (non-hydrogen) atoms. The molecular weight excluding hydrogens is 424 g/mol. The first kappa shape index (κ1) is 22.3. The molecule has 0 aliphatic carbocycles. The molecule has 0 saturated carbocycles. The number of carbonyl (C=O) groups is 4. The highest BCUT2D eigenvalue weighted by atomic mass is 16.3. The quantitative estimate of drug-likeness (QED) is 0.554. The predicted molar refractivity (Wildman–Crippen MR) is 121 cm³/mol. The monoisotopic (exact) mass is 450 g/mol. The van der Waals surface area contributed by atoms with Gasteiger partial charge in [-0.05, 0) is 50.1 Å². The van der Waals surface area contributed by atoms with Crippen LogP contribution in [0.2, 0.25) is 0 Å². The molecule has 4 rings (SSSR count). The summed E-state index contributed by atoms with van der Waals surface area (Å²) in [5.74, 6) is -0.963. The fraction of sp³-hybridized carbons (Fsp3) is 0.333. The van der Waals surface area contributed by atoms with E-state index in [2.05, 4.69) is 10.6 Å². The summed E-state index contributed by atoms with van der Waals surface area (Å²) in [6.45, 7) is 2.31. The highest BCUT2D eigenvalue weighted by molar-refractivity contribution is 6.11. The van der Waals surface area contributed by atoms with Crippen molar-refractivity contribution in [2.24, 2.45) is 0 Å². The number of phenolic OH excluding ortho intramolecular Hbond substituents is 1. The van der Waals surface area contributed by atoms with Gasteiger partial charge in [-0.2, -0.15) is 0 Å². The van der Waals surface area contributed by atoms with Gasteiger partial charge in [-0.1, -0.05) is 18.2 Å². The normalized spacial score (nSPS) is 19.2. The van der Waals surface area contributed by atoms with Gasteiger partial charge in [-0.3, -0.25) is 24.1 Å². The van der Waals surface area contributed by atoms with E-state index in [0.29, 0.717) is 49.2 Å². The fourth-order valence-electron chi connectivity index (χ4n) is 4.41. The van der Waals surface area contributed by atoms with Gasteiger partial charge in [0.15, 0.2) is 0 Å². The first-order valence-electron chi connectivity index (χ1n) is 10.9. The molecule has 0 spiro atoms. The van der Waals surface area contributed by atoms with Crippen LogP contribution in [0.1, 0.15) is 46.9 Å². The predicted octanol–water partition coefficient (Wildman–Crippen LogP) is 1.63. The van der Waals surface area contributed by atoms with E-state index in [-0.39, 0.29) is 35.9 Å². The van der Waals surface area contributed by atoms with Crippen LogP contribution in [0.4, 0.5) is 5.69 Å². The van der Waals surface area contributed by atoms with E-state index in [1.165, 1.54) is 17.0 Å². The molecule has 9 heteroatoms. The zero-order valence-corrected chi connectivity index (χ0v) is 18.3. The maximum atomic E-state index is 13.2. The summed E-state index contributed by atoms with van der Waals surface area (Å²) in [7, 11) is 0. The lowest BCUT2D eigenvalue weighted by atomic mass is 9.98. The number of para-hydroxylation sites is 1. The zero-order chi connectivity index (χ0) is 23.6. The van der Waals surface area contributed by atoms with Crippen molar-refractivity contribution in [3.8, 4) is 5.75 Å². The topological polar surface area (TPSA) is 119 Å². The average molecular weight is 450 g/mol. The first-order valence-corrected chi connectivity index (χ1v) is 10.9. The number of nitrogens with zero attached hydrogens (tertiary/aromatic N) is 2. The van der Waals surface area contributed by atoms with Gasteiger partial charge in [0.05, 0.1) is 11.3 Å². The Balaban J connectivity index is 1.31. The Bertz CT molecular complexity index is 1120. The number of rotatable bonds is 7. The van der Waals surface area contributed by atoms with Crippen LogP contribution in [0.5, 0.6) is 5.75 Å². The van der Waals surface area contributed by atoms with Crippen LogP contribution in [-0.4, -0.2) is 58.9 Å². The van der Waals surface area contributed by atoms with Gasteiger partial charge in [-0.25, -0.2) is 0 Å². The van der Waals surface area contributed by atoms with Crippen molar-refractivity contribution >= 4 is 29.3 Å². The number of aromatic hydroxyl groups is 1. The van der Waals surface area contributed by atoms with Crippen molar-refractivity contribution in [2.45, 2.75) is 31.8 Å². The molecule has 0 bridgehead atoms. The number of benzene rings is 2. The standard InChI is InChI=1S/C24H26N4O5/c1-24-11-10-21(31)28(24)19-9-3-2-8-18(19)23(33)27(24)15-20(30)25-12-5-13-26-22(32)16-6-4-7-17(29)14-16/h2-4,6-9,14,29H,5,10-13,15H2,1H3,(H,25,30)(H,26,32). The Labute approximate surface area is 191 Å². The van der Waals surface area contributed by atoms with E-state index >= 15 is 0 Å². The number of nitrogens with one attached hydrogen (secondary N) is 2. The van der Waals surface area contributed by atoms with Gasteiger partial charge in [-0.15, -0.1) is 0 Å². The van der Waals surface area contributed by atoms with Crippen molar-refractivity contribution in [3.05, 3.63) is 59.7 Å². The summed E-state index contributed by atoms with van der Waals surface area (Å²) in [6, 6.07) is 13.0. The molecule has 0 radical (unpaired) electrons. The number of phenols is 1. The highest BCUT2D eigenvalue weighted by Crippen LogP contribution is 2.43. The smallest absolute Gasteiger partial charge is 0.258 e. The van der Waals surface area contributed by atoms with Gasteiger partial charge in [0, 0.05) is 25.1 Å². The summed E-state index contributed by atoms with van der Waals surface area (Å²) >= 11 is 0. The van der Waals surface area contributed by atoms with Crippen molar-refractivity contribution in [3.63, 3.8) is 0 Å². The van der Waals surface area contributed by atoms with E-state index in [4.69, 9.17) is 0 Å². The van der Waals surface area contributed by atoms with E-state index in [1.54, 1.807) is 41.3 Å². The lowest BCUT2D eigenvalue weighted by Gasteiger charge is -2.48. The zero-order valence-electron chi connectivity index (χ0n) is 18.3. The summed E-state index contributed by atoms with van der Waals surface area (Å²) in [6.07, 6.45) is 1.27. The SMILES string of the molecule is CC12CCC(=O)N1c1ccccc1C(=O)N2CC(=O)NCCCNC(=O)c1cccc(O)c1. The van der Waals surface area contributed by atoms with Gasteiger partial charge in [0.1, 0.15) is 18.0 Å². The Hall–Kier alpha value is -3.88. The Morgan fingerprint density at radius 3 is 2.61 bits per heavy atom. The third-order valence-corrected chi connectivity index (χ3v) is 6.12. The molecule has 9 nitrogen and oxygen atoms in total. The Morgan fingerprint density at radius 1 is 1.06 bits per heavy atom. The molecule has 2 aromatic rings. The maximum absolute atomic E-state index is 13.2. The second kappa shape index (κ2) is 8.93. The molecule has 1 fully saturated rings. The molecule has 1 unspecified atom stereocenters. The number of hydrogen-bond donors (Lipinski definition) is 3. The van der Waals surface area contributed by atoms with Crippen LogP contribution in [0.3, 0.4) is 0 Å². The van der Waals surface area contributed by atoms with Crippen molar-refractivity contribution in [1.82, 2.24) is 15.5 Å². The highest BCUT2D eigenvalue weighted by Gasteiger charge is 2.53. The average Bonchev–Trinajstić information content (AvgIpc) is 3.11. The molecule has 2 heterocycles. The number of carbonyl (C=O) groups excluding carboxylic acids is 4. The second-order valence-electron chi connectivity index (χ2n) is 8.36. The van der Waals surface area contributed by atoms with E-state index in [9.17, 15) is 24.3 Å². The molecular formula is C24H26N4O5. The Kier molecular flexibility index (Phi) is 6.04. The molecule has 2 aliphatic heterocycles. The first-order chi connectivity index (χ1) is 15.8. The lowest BCUT2D eigenvalue weighted by Crippen LogP contribution is -2.63. The van der Waals surface area contributed by atoms with E-state index in [0.717, 1.165) is 0 Å². The van der Waals surface area contributed by atoms with Crippen LogP contribution in [-0.2, 0) is 9.59 Å².